The van der Waals surface area contributed by atoms with E-state index in [9.17, 15) is 9.59 Å². The minimum Gasteiger partial charge on any atom is -0.478 e. The van der Waals surface area contributed by atoms with E-state index >= 15 is 0 Å². The molecule has 0 aliphatic heterocycles. The Balaban J connectivity index is 2.63. The van der Waals surface area contributed by atoms with Gasteiger partial charge in [0.1, 0.15) is 0 Å². The number of rotatable bonds is 3. The average Bonchev–Trinajstić information content (AvgIpc) is 2.39. The van der Waals surface area contributed by atoms with E-state index in [4.69, 9.17) is 21.8 Å². The molecule has 0 radical (unpaired) electrons. The molecule has 2 aromatic carbocycles. The second-order valence-corrected chi connectivity index (χ2v) is 4.69. The first-order chi connectivity index (χ1) is 9.41. The van der Waals surface area contributed by atoms with Crippen molar-refractivity contribution in [1.82, 2.24) is 0 Å². The molecule has 20 heavy (non-hydrogen) atoms. The second kappa shape index (κ2) is 5.35. The number of carbonyl (C=O) groups is 2. The summed E-state index contributed by atoms with van der Waals surface area (Å²) in [5.41, 5.74) is 2.05. The van der Waals surface area contributed by atoms with Crippen LogP contribution >= 0.6 is 11.6 Å². The van der Waals surface area contributed by atoms with E-state index in [0.29, 0.717) is 16.7 Å². The summed E-state index contributed by atoms with van der Waals surface area (Å²) in [6, 6.07) is 9.49. The van der Waals surface area contributed by atoms with Gasteiger partial charge < -0.3 is 10.2 Å². The maximum absolute atomic E-state index is 11.1. The highest BCUT2D eigenvalue weighted by Gasteiger charge is 2.14. The summed E-state index contributed by atoms with van der Waals surface area (Å²) in [4.78, 5) is 22.2. The molecule has 0 heterocycles. The zero-order chi connectivity index (χ0) is 14.9. The Bertz CT molecular complexity index is 707. The van der Waals surface area contributed by atoms with Gasteiger partial charge in [0.25, 0.3) is 0 Å². The molecule has 2 N–H and O–H groups in total. The van der Waals surface area contributed by atoms with Crippen LogP contribution in [0.2, 0.25) is 5.02 Å². The summed E-state index contributed by atoms with van der Waals surface area (Å²) in [5, 5.41) is 18.3. The van der Waals surface area contributed by atoms with Gasteiger partial charge >= 0.3 is 11.9 Å². The quantitative estimate of drug-likeness (QED) is 0.903. The molecule has 0 unspecified atom stereocenters. The van der Waals surface area contributed by atoms with Crippen LogP contribution in [0.3, 0.4) is 0 Å². The van der Waals surface area contributed by atoms with E-state index in [2.05, 4.69) is 0 Å². The normalized spacial score (nSPS) is 10.3. The number of halogens is 1. The van der Waals surface area contributed by atoms with Gasteiger partial charge in [0, 0.05) is 0 Å². The van der Waals surface area contributed by atoms with Crippen molar-refractivity contribution < 1.29 is 19.8 Å². The van der Waals surface area contributed by atoms with Gasteiger partial charge in [0.2, 0.25) is 0 Å². The summed E-state index contributed by atoms with van der Waals surface area (Å²) in [7, 11) is 0. The highest BCUT2D eigenvalue weighted by molar-refractivity contribution is 6.33. The van der Waals surface area contributed by atoms with Gasteiger partial charge in [-0.2, -0.15) is 0 Å². The Labute approximate surface area is 120 Å². The van der Waals surface area contributed by atoms with E-state index < -0.39 is 11.9 Å². The molecule has 0 atom stereocenters. The Morgan fingerprint density at radius 1 is 1.00 bits per heavy atom. The van der Waals surface area contributed by atoms with Crippen molar-refractivity contribution in [3.8, 4) is 11.1 Å². The maximum atomic E-state index is 11.1. The lowest BCUT2D eigenvalue weighted by Crippen LogP contribution is -2.02. The second-order valence-electron chi connectivity index (χ2n) is 4.28. The molecule has 0 bridgehead atoms. The van der Waals surface area contributed by atoms with Crippen LogP contribution < -0.4 is 0 Å². The molecule has 0 saturated carbocycles. The lowest BCUT2D eigenvalue weighted by molar-refractivity contribution is 0.0685. The molecule has 0 amide bonds. The minimum absolute atomic E-state index is 0.00991. The van der Waals surface area contributed by atoms with Crippen LogP contribution in [0.5, 0.6) is 0 Å². The number of aromatic carboxylic acids is 2. The standard InChI is InChI=1S/C15H11ClO4/c1-8-10(3-2-4-11(8)14(17)18)9-5-6-13(16)12(7-9)15(19)20/h2-7H,1H3,(H,17,18)(H,19,20). The van der Waals surface area contributed by atoms with Crippen LogP contribution in [-0.4, -0.2) is 22.2 Å². The van der Waals surface area contributed by atoms with Crippen LogP contribution in [-0.2, 0) is 0 Å². The van der Waals surface area contributed by atoms with Gasteiger partial charge in [-0.3, -0.25) is 0 Å². The minimum atomic E-state index is -1.12. The van der Waals surface area contributed by atoms with Gasteiger partial charge in [0.15, 0.2) is 0 Å². The van der Waals surface area contributed by atoms with Gasteiger partial charge in [-0.25, -0.2) is 9.59 Å². The van der Waals surface area contributed by atoms with Crippen molar-refractivity contribution in [2.75, 3.05) is 0 Å². The molecule has 2 rings (SSSR count). The Kier molecular flexibility index (Phi) is 3.77. The number of hydrogen-bond acceptors (Lipinski definition) is 2. The first-order valence-electron chi connectivity index (χ1n) is 5.78. The van der Waals surface area contributed by atoms with Crippen molar-refractivity contribution in [2.24, 2.45) is 0 Å². The number of benzene rings is 2. The topological polar surface area (TPSA) is 74.6 Å². The maximum Gasteiger partial charge on any atom is 0.337 e. The SMILES string of the molecule is Cc1c(C(=O)O)cccc1-c1ccc(Cl)c(C(=O)O)c1. The van der Waals surface area contributed by atoms with Crippen molar-refractivity contribution in [1.29, 1.82) is 0 Å². The molecule has 102 valence electrons. The van der Waals surface area contributed by atoms with Gasteiger partial charge in [0.05, 0.1) is 16.1 Å². The molecule has 0 aliphatic carbocycles. The van der Waals surface area contributed by atoms with E-state index in [1.165, 1.54) is 18.2 Å². The average molecular weight is 291 g/mol. The van der Waals surface area contributed by atoms with E-state index in [-0.39, 0.29) is 16.1 Å². The molecular weight excluding hydrogens is 280 g/mol. The van der Waals surface area contributed by atoms with Crippen molar-refractivity contribution >= 4 is 23.5 Å². The zero-order valence-electron chi connectivity index (χ0n) is 10.6. The fourth-order valence-electron chi connectivity index (χ4n) is 2.04. The lowest BCUT2D eigenvalue weighted by Gasteiger charge is -2.10. The van der Waals surface area contributed by atoms with Gasteiger partial charge in [-0.15, -0.1) is 0 Å². The summed E-state index contributed by atoms with van der Waals surface area (Å²) < 4.78 is 0. The first kappa shape index (κ1) is 14.1. The fourth-order valence-corrected chi connectivity index (χ4v) is 2.24. The Hall–Kier alpha value is -2.33. The van der Waals surface area contributed by atoms with Gasteiger partial charge in [-0.1, -0.05) is 29.8 Å². The third kappa shape index (κ3) is 2.51. The van der Waals surface area contributed by atoms with Gasteiger partial charge in [-0.05, 0) is 41.8 Å². The number of carboxylic acids is 2. The Morgan fingerprint density at radius 2 is 1.65 bits per heavy atom. The molecule has 5 heteroatoms. The van der Waals surface area contributed by atoms with Crippen molar-refractivity contribution in [3.63, 3.8) is 0 Å². The molecule has 0 fully saturated rings. The lowest BCUT2D eigenvalue weighted by atomic mass is 9.95. The number of carboxylic acid groups (broad SMARTS) is 2. The van der Waals surface area contributed by atoms with E-state index in [1.807, 2.05) is 0 Å². The molecular formula is C15H11ClO4. The van der Waals surface area contributed by atoms with Crippen LogP contribution in [0, 0.1) is 6.92 Å². The molecule has 2 aromatic rings. The first-order valence-corrected chi connectivity index (χ1v) is 6.15. The third-order valence-electron chi connectivity index (χ3n) is 3.07. The zero-order valence-corrected chi connectivity index (χ0v) is 11.3. The summed E-state index contributed by atoms with van der Waals surface area (Å²) in [6.45, 7) is 1.69. The van der Waals surface area contributed by atoms with E-state index in [1.54, 1.807) is 25.1 Å². The van der Waals surface area contributed by atoms with Crippen LogP contribution in [0.1, 0.15) is 26.3 Å². The monoisotopic (exact) mass is 290 g/mol. The fraction of sp³-hybridized carbons (Fsp3) is 0.0667. The third-order valence-corrected chi connectivity index (χ3v) is 3.40. The smallest absolute Gasteiger partial charge is 0.337 e. The summed E-state index contributed by atoms with van der Waals surface area (Å²) >= 11 is 5.83. The van der Waals surface area contributed by atoms with Crippen LogP contribution in [0.4, 0.5) is 0 Å². The predicted octanol–water partition coefficient (Wildman–Crippen LogP) is 3.71. The summed E-state index contributed by atoms with van der Waals surface area (Å²) in [5.74, 6) is -2.14. The van der Waals surface area contributed by atoms with E-state index in [0.717, 1.165) is 0 Å². The number of hydrogen-bond donors (Lipinski definition) is 2. The van der Waals surface area contributed by atoms with Crippen LogP contribution in [0.15, 0.2) is 36.4 Å². The van der Waals surface area contributed by atoms with Crippen LogP contribution in [0.25, 0.3) is 11.1 Å². The molecule has 0 aromatic heterocycles. The predicted molar refractivity (Wildman–Crippen MR) is 75.5 cm³/mol. The highest BCUT2D eigenvalue weighted by Crippen LogP contribution is 2.29. The molecule has 0 saturated heterocycles. The molecule has 0 spiro atoms. The van der Waals surface area contributed by atoms with Crippen molar-refractivity contribution in [3.05, 3.63) is 58.1 Å². The molecule has 4 nitrogen and oxygen atoms in total. The highest BCUT2D eigenvalue weighted by atomic mass is 35.5. The molecule has 0 aliphatic rings. The Morgan fingerprint density at radius 3 is 2.25 bits per heavy atom. The van der Waals surface area contributed by atoms with Crippen molar-refractivity contribution in [2.45, 2.75) is 6.92 Å². The summed E-state index contributed by atoms with van der Waals surface area (Å²) in [6.07, 6.45) is 0. The largest absolute Gasteiger partial charge is 0.478 e.